The van der Waals surface area contributed by atoms with Gasteiger partial charge < -0.3 is 9.84 Å². The van der Waals surface area contributed by atoms with Crippen molar-refractivity contribution in [1.82, 2.24) is 4.98 Å². The van der Waals surface area contributed by atoms with Crippen molar-refractivity contribution in [3.63, 3.8) is 0 Å². The van der Waals surface area contributed by atoms with Gasteiger partial charge in [0, 0.05) is 17.1 Å². The van der Waals surface area contributed by atoms with E-state index in [1.807, 2.05) is 26.0 Å². The Bertz CT molecular complexity index is 1360. The van der Waals surface area contributed by atoms with Crippen molar-refractivity contribution in [2.24, 2.45) is 5.92 Å². The van der Waals surface area contributed by atoms with Gasteiger partial charge in [-0.05, 0) is 47.2 Å². The molecule has 0 unspecified atom stereocenters. The van der Waals surface area contributed by atoms with E-state index in [9.17, 15) is 23.1 Å². The van der Waals surface area contributed by atoms with Crippen molar-refractivity contribution < 1.29 is 27.8 Å². The zero-order chi connectivity index (χ0) is 25.2. The van der Waals surface area contributed by atoms with Gasteiger partial charge in [0.25, 0.3) is 0 Å². The number of aromatic nitrogens is 1. The molecule has 0 aliphatic rings. The molecule has 0 aliphatic carbocycles. The number of para-hydroxylation sites is 1. The van der Waals surface area contributed by atoms with Crippen LogP contribution in [0.25, 0.3) is 22.0 Å². The number of nitrogens with zero attached hydrogens (tertiary/aromatic N) is 1. The van der Waals surface area contributed by atoms with Gasteiger partial charge in [-0.25, -0.2) is 4.79 Å². The number of hydrogen-bond acceptors (Lipinski definition) is 3. The summed E-state index contributed by atoms with van der Waals surface area (Å²) in [6.45, 7) is 4.09. The number of ether oxygens (including phenoxy) is 1. The molecule has 4 rings (SSSR count). The average molecular weight is 479 g/mol. The van der Waals surface area contributed by atoms with Crippen LogP contribution in [0.2, 0.25) is 0 Å². The van der Waals surface area contributed by atoms with Gasteiger partial charge in [-0.2, -0.15) is 13.2 Å². The first-order valence-electron chi connectivity index (χ1n) is 11.2. The molecule has 7 heteroatoms. The van der Waals surface area contributed by atoms with E-state index in [-0.39, 0.29) is 23.6 Å². The largest absolute Gasteiger partial charge is 0.488 e. The summed E-state index contributed by atoms with van der Waals surface area (Å²) in [5.74, 6) is -0.447. The summed E-state index contributed by atoms with van der Waals surface area (Å²) in [6.07, 6.45) is -4.00. The van der Waals surface area contributed by atoms with Gasteiger partial charge in [-0.1, -0.05) is 62.4 Å². The second-order valence-electron chi connectivity index (χ2n) is 8.75. The van der Waals surface area contributed by atoms with Crippen LogP contribution in [0, 0.1) is 5.92 Å². The number of pyridine rings is 1. The number of carboxylic acids is 1. The minimum atomic E-state index is -4.53. The Morgan fingerprint density at radius 1 is 1.00 bits per heavy atom. The molecule has 0 saturated heterocycles. The first kappa shape index (κ1) is 24.3. The summed E-state index contributed by atoms with van der Waals surface area (Å²) in [4.78, 5) is 15.8. The number of aromatic carboxylic acids is 1. The van der Waals surface area contributed by atoms with Gasteiger partial charge >= 0.3 is 12.1 Å². The molecule has 1 N–H and O–H groups in total. The number of benzene rings is 3. The first-order chi connectivity index (χ1) is 16.6. The SMILES string of the molecule is CC(C)Cc1cc(OCc2ccc(-c3ccccc3C(=O)O)cc2)c2cccc(C(F)(F)F)c2n1. The molecule has 0 aliphatic heterocycles. The molecule has 0 radical (unpaired) electrons. The Kier molecular flexibility index (Phi) is 6.78. The molecule has 35 heavy (non-hydrogen) atoms. The highest BCUT2D eigenvalue weighted by Gasteiger charge is 2.33. The van der Waals surface area contributed by atoms with Crippen LogP contribution in [-0.4, -0.2) is 16.1 Å². The third kappa shape index (κ3) is 5.45. The summed E-state index contributed by atoms with van der Waals surface area (Å²) in [6, 6.07) is 19.7. The van der Waals surface area contributed by atoms with Crippen molar-refractivity contribution in [2.75, 3.05) is 0 Å². The van der Waals surface area contributed by atoms with Crippen LogP contribution in [0.1, 0.15) is 41.0 Å². The number of fused-ring (bicyclic) bond motifs is 1. The van der Waals surface area contributed by atoms with E-state index in [1.54, 1.807) is 48.5 Å². The molecule has 1 heterocycles. The quantitative estimate of drug-likeness (QED) is 0.300. The van der Waals surface area contributed by atoms with Gasteiger partial charge in [0.05, 0.1) is 16.6 Å². The smallest absolute Gasteiger partial charge is 0.418 e. The predicted molar refractivity (Wildman–Crippen MR) is 128 cm³/mol. The fourth-order valence-corrected chi connectivity index (χ4v) is 4.00. The van der Waals surface area contributed by atoms with Crippen LogP contribution < -0.4 is 4.74 Å². The summed E-state index contributed by atoms with van der Waals surface area (Å²) in [7, 11) is 0. The number of alkyl halides is 3. The van der Waals surface area contributed by atoms with Crippen LogP contribution in [0.15, 0.2) is 72.8 Å². The van der Waals surface area contributed by atoms with Crippen LogP contribution in [-0.2, 0) is 19.2 Å². The number of halogens is 3. The van der Waals surface area contributed by atoms with Crippen LogP contribution >= 0.6 is 0 Å². The van der Waals surface area contributed by atoms with Crippen molar-refractivity contribution in [3.8, 4) is 16.9 Å². The fourth-order valence-electron chi connectivity index (χ4n) is 4.00. The zero-order valence-corrected chi connectivity index (χ0v) is 19.3. The average Bonchev–Trinajstić information content (AvgIpc) is 2.81. The topological polar surface area (TPSA) is 59.4 Å². The lowest BCUT2D eigenvalue weighted by molar-refractivity contribution is -0.136. The highest BCUT2D eigenvalue weighted by molar-refractivity contribution is 5.96. The van der Waals surface area contributed by atoms with E-state index in [4.69, 9.17) is 4.74 Å². The zero-order valence-electron chi connectivity index (χ0n) is 19.3. The van der Waals surface area contributed by atoms with Gasteiger partial charge in [-0.15, -0.1) is 0 Å². The molecule has 0 saturated carbocycles. The second-order valence-corrected chi connectivity index (χ2v) is 8.75. The van der Waals surface area contributed by atoms with Crippen molar-refractivity contribution >= 4 is 16.9 Å². The fraction of sp³-hybridized carbons (Fsp3) is 0.214. The van der Waals surface area contributed by atoms with Crippen LogP contribution in [0.4, 0.5) is 13.2 Å². The second kappa shape index (κ2) is 9.78. The Labute approximate surface area is 201 Å². The summed E-state index contributed by atoms with van der Waals surface area (Å²) in [5, 5.41) is 9.73. The van der Waals surface area contributed by atoms with E-state index >= 15 is 0 Å². The lowest BCUT2D eigenvalue weighted by atomic mass is 9.99. The van der Waals surface area contributed by atoms with Crippen LogP contribution in [0.5, 0.6) is 5.75 Å². The third-order valence-electron chi connectivity index (χ3n) is 5.59. The van der Waals surface area contributed by atoms with Crippen molar-refractivity contribution in [3.05, 3.63) is 95.2 Å². The molecule has 1 aromatic heterocycles. The molecule has 0 amide bonds. The molecule has 4 nitrogen and oxygen atoms in total. The molecule has 0 atom stereocenters. The lowest BCUT2D eigenvalue weighted by Gasteiger charge is -2.16. The maximum atomic E-state index is 13.6. The lowest BCUT2D eigenvalue weighted by Crippen LogP contribution is -2.09. The highest BCUT2D eigenvalue weighted by Crippen LogP contribution is 2.37. The number of hydrogen-bond donors (Lipinski definition) is 1. The molecule has 0 bridgehead atoms. The number of carboxylic acid groups (broad SMARTS) is 1. The molecule has 4 aromatic rings. The normalized spacial score (nSPS) is 11.7. The predicted octanol–water partition coefficient (Wildman–Crippen LogP) is 7.40. The van der Waals surface area contributed by atoms with Crippen LogP contribution in [0.3, 0.4) is 0 Å². The van der Waals surface area contributed by atoms with E-state index in [0.717, 1.165) is 17.2 Å². The van der Waals surface area contributed by atoms with E-state index < -0.39 is 17.7 Å². The Hall–Kier alpha value is -3.87. The summed E-state index contributed by atoms with van der Waals surface area (Å²) in [5.41, 5.74) is 1.99. The first-order valence-corrected chi connectivity index (χ1v) is 11.2. The number of carbonyl (C=O) groups is 1. The molecule has 0 spiro atoms. The Morgan fingerprint density at radius 3 is 2.37 bits per heavy atom. The molecule has 0 fully saturated rings. The maximum absolute atomic E-state index is 13.6. The molecular formula is C28H24F3NO3. The monoisotopic (exact) mass is 479 g/mol. The van der Waals surface area contributed by atoms with Gasteiger partial charge in [0.15, 0.2) is 0 Å². The Balaban J connectivity index is 1.64. The summed E-state index contributed by atoms with van der Waals surface area (Å²) >= 11 is 0. The number of rotatable bonds is 7. The maximum Gasteiger partial charge on any atom is 0.418 e. The van der Waals surface area contributed by atoms with Crippen molar-refractivity contribution in [2.45, 2.75) is 33.1 Å². The van der Waals surface area contributed by atoms with Gasteiger partial charge in [0.1, 0.15) is 12.4 Å². The molecule has 180 valence electrons. The van der Waals surface area contributed by atoms with E-state index in [2.05, 4.69) is 4.98 Å². The molecular weight excluding hydrogens is 455 g/mol. The van der Waals surface area contributed by atoms with Gasteiger partial charge in [0.2, 0.25) is 0 Å². The van der Waals surface area contributed by atoms with E-state index in [0.29, 0.717) is 28.8 Å². The standard InChI is InChI=1S/C28H24F3NO3/c1-17(2)14-20-15-25(23-8-5-9-24(26(23)32-20)28(29,30)31)35-16-18-10-12-19(13-11-18)21-6-3-4-7-22(21)27(33)34/h3-13,15,17H,14,16H2,1-2H3,(H,33,34). The van der Waals surface area contributed by atoms with E-state index in [1.165, 1.54) is 6.07 Å². The van der Waals surface area contributed by atoms with Crippen molar-refractivity contribution in [1.29, 1.82) is 0 Å². The summed E-state index contributed by atoms with van der Waals surface area (Å²) < 4.78 is 46.9. The molecule has 3 aromatic carbocycles. The van der Waals surface area contributed by atoms with Gasteiger partial charge in [-0.3, -0.25) is 4.98 Å². The minimum absolute atomic E-state index is 0.117. The highest BCUT2D eigenvalue weighted by atomic mass is 19.4. The third-order valence-corrected chi connectivity index (χ3v) is 5.59. The minimum Gasteiger partial charge on any atom is -0.488 e. The Morgan fingerprint density at radius 2 is 1.71 bits per heavy atom.